The molecule has 1 N–H and O–H groups in total. The van der Waals surface area contributed by atoms with Crippen molar-refractivity contribution in [1.82, 2.24) is 14.7 Å². The first kappa shape index (κ1) is 17.0. The Morgan fingerprint density at radius 2 is 2.00 bits per heavy atom. The minimum absolute atomic E-state index is 0.357. The summed E-state index contributed by atoms with van der Waals surface area (Å²) in [4.78, 5) is 19.6. The van der Waals surface area contributed by atoms with Crippen LogP contribution in [-0.2, 0) is 6.42 Å². The van der Waals surface area contributed by atoms with Crippen LogP contribution in [0, 0.1) is 0 Å². The van der Waals surface area contributed by atoms with Gasteiger partial charge in [0.25, 0.3) is 0 Å². The molecule has 1 aliphatic heterocycles. The zero-order chi connectivity index (χ0) is 19.1. The highest BCUT2D eigenvalue weighted by Gasteiger charge is 2.15. The lowest BCUT2D eigenvalue weighted by molar-refractivity contribution is 0.561. The lowest BCUT2D eigenvalue weighted by Gasteiger charge is -2.29. The molecule has 6 nitrogen and oxygen atoms in total. The molecule has 1 fully saturated rings. The van der Waals surface area contributed by atoms with Crippen molar-refractivity contribution in [2.45, 2.75) is 13.3 Å². The van der Waals surface area contributed by atoms with Crippen molar-refractivity contribution in [2.75, 3.05) is 31.1 Å². The summed E-state index contributed by atoms with van der Waals surface area (Å²) >= 11 is 0. The van der Waals surface area contributed by atoms with Gasteiger partial charge in [0.05, 0.1) is 11.3 Å². The standard InChI is InChI=1S/C22H22N4O2/c1-2-15-5-8-26-14-19(24-21(26)11-15)18-12-16-3-4-17(13-20(16)28-22(18)27)25-9-6-23-7-10-25/h3-5,8,11-14,23H,2,6-7,9-10H2,1H3. The fraction of sp³-hybridized carbons (Fsp3) is 0.273. The Hall–Kier alpha value is -3.12. The lowest BCUT2D eigenvalue weighted by Crippen LogP contribution is -2.43. The smallest absolute Gasteiger partial charge is 0.345 e. The van der Waals surface area contributed by atoms with E-state index in [0.717, 1.165) is 49.3 Å². The topological polar surface area (TPSA) is 62.8 Å². The Bertz CT molecular complexity index is 1220. The van der Waals surface area contributed by atoms with Crippen LogP contribution in [0.15, 0.2) is 58.0 Å². The Morgan fingerprint density at radius 1 is 1.14 bits per heavy atom. The molecule has 0 spiro atoms. The van der Waals surface area contributed by atoms with Crippen molar-refractivity contribution in [1.29, 1.82) is 0 Å². The third kappa shape index (κ3) is 2.96. The van der Waals surface area contributed by atoms with E-state index in [1.807, 2.05) is 41.1 Å². The second-order valence-corrected chi connectivity index (χ2v) is 7.19. The molecule has 0 amide bonds. The normalized spacial score (nSPS) is 14.8. The maximum absolute atomic E-state index is 12.7. The molecule has 0 unspecified atom stereocenters. The number of piperazine rings is 1. The third-order valence-corrected chi connectivity index (χ3v) is 5.41. The number of benzene rings is 1. The van der Waals surface area contributed by atoms with Crippen LogP contribution >= 0.6 is 0 Å². The van der Waals surface area contributed by atoms with Crippen LogP contribution in [0.5, 0.6) is 0 Å². The summed E-state index contributed by atoms with van der Waals surface area (Å²) in [7, 11) is 0. The number of rotatable bonds is 3. The van der Waals surface area contributed by atoms with Crippen LogP contribution in [-0.4, -0.2) is 35.6 Å². The molecule has 0 saturated carbocycles. The molecule has 0 bridgehead atoms. The van der Waals surface area contributed by atoms with Crippen molar-refractivity contribution in [2.24, 2.45) is 0 Å². The molecule has 0 atom stereocenters. The molecular formula is C22H22N4O2. The molecule has 4 aromatic rings. The zero-order valence-electron chi connectivity index (χ0n) is 15.8. The molecule has 0 radical (unpaired) electrons. The fourth-order valence-electron chi connectivity index (χ4n) is 3.77. The zero-order valence-corrected chi connectivity index (χ0v) is 15.8. The highest BCUT2D eigenvalue weighted by molar-refractivity contribution is 5.84. The lowest BCUT2D eigenvalue weighted by atomic mass is 10.1. The van der Waals surface area contributed by atoms with Crippen molar-refractivity contribution < 1.29 is 4.42 Å². The van der Waals surface area contributed by atoms with Gasteiger partial charge in [0, 0.05) is 55.7 Å². The molecule has 4 heterocycles. The van der Waals surface area contributed by atoms with E-state index in [4.69, 9.17) is 4.42 Å². The molecule has 28 heavy (non-hydrogen) atoms. The van der Waals surface area contributed by atoms with E-state index in [-0.39, 0.29) is 5.63 Å². The van der Waals surface area contributed by atoms with Gasteiger partial charge < -0.3 is 19.0 Å². The number of aromatic nitrogens is 2. The molecule has 5 rings (SSSR count). The Morgan fingerprint density at radius 3 is 2.82 bits per heavy atom. The number of anilines is 1. The van der Waals surface area contributed by atoms with Gasteiger partial charge >= 0.3 is 5.63 Å². The number of fused-ring (bicyclic) bond motifs is 2. The summed E-state index contributed by atoms with van der Waals surface area (Å²) in [5.41, 5.74) is 4.52. The van der Waals surface area contributed by atoms with Gasteiger partial charge in [-0.05, 0) is 42.3 Å². The predicted octanol–water partition coefficient (Wildman–Crippen LogP) is 3.08. The largest absolute Gasteiger partial charge is 0.422 e. The molecule has 142 valence electrons. The molecule has 1 saturated heterocycles. The van der Waals surface area contributed by atoms with Gasteiger partial charge in [-0.15, -0.1) is 0 Å². The number of nitrogens with zero attached hydrogens (tertiary/aromatic N) is 3. The van der Waals surface area contributed by atoms with Crippen LogP contribution in [0.4, 0.5) is 5.69 Å². The summed E-state index contributed by atoms with van der Waals surface area (Å²) in [6, 6.07) is 12.1. The van der Waals surface area contributed by atoms with Gasteiger partial charge in [-0.1, -0.05) is 6.92 Å². The van der Waals surface area contributed by atoms with Crippen LogP contribution in [0.2, 0.25) is 0 Å². The predicted molar refractivity (Wildman–Crippen MR) is 111 cm³/mol. The van der Waals surface area contributed by atoms with Gasteiger partial charge in [-0.2, -0.15) is 0 Å². The summed E-state index contributed by atoms with van der Waals surface area (Å²) in [6.45, 7) is 5.95. The second kappa shape index (κ2) is 6.80. The second-order valence-electron chi connectivity index (χ2n) is 7.19. The molecule has 6 heteroatoms. The fourth-order valence-corrected chi connectivity index (χ4v) is 3.77. The van der Waals surface area contributed by atoms with Gasteiger partial charge in [0.1, 0.15) is 11.2 Å². The molecule has 3 aromatic heterocycles. The van der Waals surface area contributed by atoms with E-state index in [1.54, 1.807) is 0 Å². The summed E-state index contributed by atoms with van der Waals surface area (Å²) < 4.78 is 7.61. The average Bonchev–Trinajstić information content (AvgIpc) is 3.16. The van der Waals surface area contributed by atoms with E-state index in [2.05, 4.69) is 34.3 Å². The monoisotopic (exact) mass is 374 g/mol. The number of imidazole rings is 1. The molecule has 1 aliphatic rings. The van der Waals surface area contributed by atoms with E-state index in [9.17, 15) is 4.79 Å². The quantitative estimate of drug-likeness (QED) is 0.559. The molecule has 0 aliphatic carbocycles. The maximum Gasteiger partial charge on any atom is 0.345 e. The molecular weight excluding hydrogens is 352 g/mol. The Balaban J connectivity index is 1.56. The van der Waals surface area contributed by atoms with E-state index in [0.29, 0.717) is 16.8 Å². The van der Waals surface area contributed by atoms with Crippen LogP contribution < -0.4 is 15.8 Å². The minimum atomic E-state index is -0.357. The first-order valence-electron chi connectivity index (χ1n) is 9.73. The van der Waals surface area contributed by atoms with Gasteiger partial charge in [0.2, 0.25) is 0 Å². The van der Waals surface area contributed by atoms with Crippen LogP contribution in [0.1, 0.15) is 12.5 Å². The van der Waals surface area contributed by atoms with Crippen LogP contribution in [0.25, 0.3) is 27.9 Å². The summed E-state index contributed by atoms with van der Waals surface area (Å²) in [5.74, 6) is 0. The molecule has 1 aromatic carbocycles. The Kier molecular flexibility index (Phi) is 4.13. The highest BCUT2D eigenvalue weighted by Crippen LogP contribution is 2.25. The highest BCUT2D eigenvalue weighted by atomic mass is 16.4. The van der Waals surface area contributed by atoms with Crippen molar-refractivity contribution in [3.8, 4) is 11.3 Å². The van der Waals surface area contributed by atoms with E-state index >= 15 is 0 Å². The number of aryl methyl sites for hydroxylation is 1. The average molecular weight is 374 g/mol. The maximum atomic E-state index is 12.7. The van der Waals surface area contributed by atoms with Crippen LogP contribution in [0.3, 0.4) is 0 Å². The number of hydrogen-bond acceptors (Lipinski definition) is 5. The number of hydrogen-bond donors (Lipinski definition) is 1. The van der Waals surface area contributed by atoms with Gasteiger partial charge in [-0.25, -0.2) is 9.78 Å². The van der Waals surface area contributed by atoms with E-state index in [1.165, 1.54) is 5.56 Å². The van der Waals surface area contributed by atoms with Crippen molar-refractivity contribution in [3.05, 3.63) is 64.8 Å². The van der Waals surface area contributed by atoms with Crippen molar-refractivity contribution in [3.63, 3.8) is 0 Å². The number of pyridine rings is 1. The van der Waals surface area contributed by atoms with Crippen molar-refractivity contribution >= 4 is 22.3 Å². The van der Waals surface area contributed by atoms with Gasteiger partial charge in [-0.3, -0.25) is 0 Å². The Labute approximate surface area is 162 Å². The van der Waals surface area contributed by atoms with E-state index < -0.39 is 0 Å². The third-order valence-electron chi connectivity index (χ3n) is 5.41. The summed E-state index contributed by atoms with van der Waals surface area (Å²) in [5, 5.41) is 4.25. The first-order valence-corrected chi connectivity index (χ1v) is 9.73. The van der Waals surface area contributed by atoms with Gasteiger partial charge in [0.15, 0.2) is 0 Å². The summed E-state index contributed by atoms with van der Waals surface area (Å²) in [6.07, 6.45) is 4.81. The SMILES string of the molecule is CCc1ccn2cc(-c3cc4ccc(N5CCNCC5)cc4oc3=O)nc2c1. The minimum Gasteiger partial charge on any atom is -0.422 e. The first-order chi connectivity index (χ1) is 13.7. The number of nitrogens with one attached hydrogen (secondary N) is 1.